The van der Waals surface area contributed by atoms with Crippen LogP contribution in [0.15, 0.2) is 58.2 Å². The molecule has 31 heavy (non-hydrogen) atoms. The number of aromatic nitrogens is 2. The Morgan fingerprint density at radius 2 is 1.94 bits per heavy atom. The van der Waals surface area contributed by atoms with Gasteiger partial charge >= 0.3 is 0 Å². The molecule has 2 aromatic heterocycles. The smallest absolute Gasteiger partial charge is 0.224 e. The predicted octanol–water partition coefficient (Wildman–Crippen LogP) is 4.77. The van der Waals surface area contributed by atoms with Crippen LogP contribution in [0.1, 0.15) is 49.6 Å². The SMILES string of the molecule is CCC(CC)c1cc(CNC(=NC)NCc2cccnc2Oc2cccc(F)c2)on1. The molecule has 0 aliphatic carbocycles. The number of pyridine rings is 1. The summed E-state index contributed by atoms with van der Waals surface area (Å²) in [6, 6.07) is 11.7. The van der Waals surface area contributed by atoms with E-state index in [1.165, 1.54) is 12.1 Å². The summed E-state index contributed by atoms with van der Waals surface area (Å²) in [6.07, 6.45) is 3.70. The molecule has 3 rings (SSSR count). The van der Waals surface area contributed by atoms with Crippen LogP contribution < -0.4 is 15.4 Å². The molecule has 1 aromatic carbocycles. The van der Waals surface area contributed by atoms with Crippen LogP contribution in [0.4, 0.5) is 4.39 Å². The molecule has 8 heteroatoms. The molecule has 0 bridgehead atoms. The topological polar surface area (TPSA) is 84.6 Å². The van der Waals surface area contributed by atoms with Gasteiger partial charge in [-0.15, -0.1) is 0 Å². The summed E-state index contributed by atoms with van der Waals surface area (Å²) in [6.45, 7) is 5.19. The van der Waals surface area contributed by atoms with Gasteiger partial charge in [0.25, 0.3) is 0 Å². The molecule has 2 N–H and O–H groups in total. The second kappa shape index (κ2) is 11.1. The molecule has 0 aliphatic heterocycles. The Labute approximate surface area is 181 Å². The Bertz CT molecular complexity index is 1000. The molecular formula is C23H28FN5O2. The van der Waals surface area contributed by atoms with E-state index in [0.717, 1.165) is 29.9 Å². The monoisotopic (exact) mass is 425 g/mol. The zero-order chi connectivity index (χ0) is 22.1. The van der Waals surface area contributed by atoms with Gasteiger partial charge in [0.1, 0.15) is 11.6 Å². The van der Waals surface area contributed by atoms with Crippen LogP contribution in [0.3, 0.4) is 0 Å². The van der Waals surface area contributed by atoms with E-state index in [1.807, 2.05) is 18.2 Å². The molecule has 0 radical (unpaired) electrons. The number of hydrogen-bond donors (Lipinski definition) is 2. The summed E-state index contributed by atoms with van der Waals surface area (Å²) in [7, 11) is 1.69. The lowest BCUT2D eigenvalue weighted by Crippen LogP contribution is -2.36. The molecule has 0 spiro atoms. The maximum atomic E-state index is 13.4. The second-order valence-electron chi connectivity index (χ2n) is 7.04. The van der Waals surface area contributed by atoms with Crippen molar-refractivity contribution < 1.29 is 13.7 Å². The maximum Gasteiger partial charge on any atom is 0.224 e. The van der Waals surface area contributed by atoms with E-state index in [4.69, 9.17) is 9.26 Å². The molecule has 0 amide bonds. The van der Waals surface area contributed by atoms with Crippen LogP contribution in [0.5, 0.6) is 11.6 Å². The Balaban J connectivity index is 1.58. The van der Waals surface area contributed by atoms with Crippen molar-refractivity contribution >= 4 is 5.96 Å². The van der Waals surface area contributed by atoms with Gasteiger partial charge in [0.15, 0.2) is 11.7 Å². The Morgan fingerprint density at radius 1 is 1.13 bits per heavy atom. The number of aliphatic imine (C=N–C) groups is 1. The highest BCUT2D eigenvalue weighted by molar-refractivity contribution is 5.79. The lowest BCUT2D eigenvalue weighted by Gasteiger charge is -2.13. The van der Waals surface area contributed by atoms with Crippen LogP contribution in [-0.2, 0) is 13.1 Å². The fourth-order valence-corrected chi connectivity index (χ4v) is 3.17. The number of ether oxygens (including phenoxy) is 1. The highest BCUT2D eigenvalue weighted by Crippen LogP contribution is 2.24. The van der Waals surface area contributed by atoms with Gasteiger partial charge in [0.05, 0.1) is 12.2 Å². The minimum absolute atomic E-state index is 0.363. The number of guanidine groups is 1. The Morgan fingerprint density at radius 3 is 2.68 bits per heavy atom. The van der Waals surface area contributed by atoms with E-state index >= 15 is 0 Å². The first kappa shape index (κ1) is 22.3. The average molecular weight is 426 g/mol. The van der Waals surface area contributed by atoms with Crippen molar-refractivity contribution in [2.45, 2.75) is 45.7 Å². The van der Waals surface area contributed by atoms with E-state index in [-0.39, 0.29) is 5.82 Å². The minimum Gasteiger partial charge on any atom is -0.439 e. The van der Waals surface area contributed by atoms with Crippen LogP contribution in [-0.4, -0.2) is 23.1 Å². The van der Waals surface area contributed by atoms with Crippen LogP contribution in [0.25, 0.3) is 0 Å². The fraction of sp³-hybridized carbons (Fsp3) is 0.348. The van der Waals surface area contributed by atoms with Gasteiger partial charge in [-0.2, -0.15) is 0 Å². The van der Waals surface area contributed by atoms with Crippen molar-refractivity contribution in [2.24, 2.45) is 4.99 Å². The zero-order valence-corrected chi connectivity index (χ0v) is 18.1. The molecule has 0 aliphatic rings. The first-order chi connectivity index (χ1) is 15.1. The summed E-state index contributed by atoms with van der Waals surface area (Å²) in [5.41, 5.74) is 1.80. The van der Waals surface area contributed by atoms with Crippen molar-refractivity contribution in [2.75, 3.05) is 7.05 Å². The van der Waals surface area contributed by atoms with Crippen molar-refractivity contribution in [3.05, 3.63) is 71.5 Å². The molecule has 2 heterocycles. The summed E-state index contributed by atoms with van der Waals surface area (Å²) >= 11 is 0. The fourth-order valence-electron chi connectivity index (χ4n) is 3.17. The number of hydrogen-bond acceptors (Lipinski definition) is 5. The molecule has 3 aromatic rings. The lowest BCUT2D eigenvalue weighted by molar-refractivity contribution is 0.368. The van der Waals surface area contributed by atoms with Crippen LogP contribution >= 0.6 is 0 Å². The third kappa shape index (κ3) is 6.28. The van der Waals surface area contributed by atoms with Crippen LogP contribution in [0, 0.1) is 5.82 Å². The normalized spacial score (nSPS) is 11.6. The first-order valence-corrected chi connectivity index (χ1v) is 10.4. The van der Waals surface area contributed by atoms with Crippen molar-refractivity contribution in [3.8, 4) is 11.6 Å². The summed E-state index contributed by atoms with van der Waals surface area (Å²) in [5.74, 6) is 2.19. The van der Waals surface area contributed by atoms with Gasteiger partial charge in [-0.05, 0) is 31.0 Å². The van der Waals surface area contributed by atoms with Crippen LogP contribution in [0.2, 0.25) is 0 Å². The van der Waals surface area contributed by atoms with Gasteiger partial charge in [-0.3, -0.25) is 4.99 Å². The van der Waals surface area contributed by atoms with Gasteiger partial charge in [0, 0.05) is 43.4 Å². The lowest BCUT2D eigenvalue weighted by atomic mass is 9.99. The second-order valence-corrected chi connectivity index (χ2v) is 7.04. The highest BCUT2D eigenvalue weighted by Gasteiger charge is 2.13. The molecule has 0 fully saturated rings. The van der Waals surface area contributed by atoms with Crippen molar-refractivity contribution in [3.63, 3.8) is 0 Å². The average Bonchev–Trinajstić information content (AvgIpc) is 3.24. The molecule has 164 valence electrons. The van der Waals surface area contributed by atoms with E-state index in [1.54, 1.807) is 25.4 Å². The highest BCUT2D eigenvalue weighted by atomic mass is 19.1. The quantitative estimate of drug-likeness (QED) is 0.379. The minimum atomic E-state index is -0.363. The number of rotatable bonds is 9. The molecular weight excluding hydrogens is 397 g/mol. The number of nitrogens with one attached hydrogen (secondary N) is 2. The summed E-state index contributed by atoms with van der Waals surface area (Å²) in [4.78, 5) is 8.51. The Kier molecular flexibility index (Phi) is 7.98. The number of benzene rings is 1. The van der Waals surface area contributed by atoms with E-state index < -0.39 is 0 Å². The Hall–Kier alpha value is -3.42. The third-order valence-electron chi connectivity index (χ3n) is 4.94. The van der Waals surface area contributed by atoms with Crippen molar-refractivity contribution in [1.82, 2.24) is 20.8 Å². The zero-order valence-electron chi connectivity index (χ0n) is 18.1. The largest absolute Gasteiger partial charge is 0.439 e. The standard InChI is InChI=1S/C23H28FN5O2/c1-4-16(5-2)21-13-20(31-29-21)15-28-23(25-3)27-14-17-8-7-11-26-22(17)30-19-10-6-9-18(24)12-19/h6-13,16H,4-5,14-15H2,1-3H3,(H2,25,27,28). The van der Waals surface area contributed by atoms with Gasteiger partial charge in [-0.1, -0.05) is 31.1 Å². The van der Waals surface area contributed by atoms with Gasteiger partial charge in [-0.25, -0.2) is 9.37 Å². The van der Waals surface area contributed by atoms with Gasteiger partial charge < -0.3 is 19.9 Å². The maximum absolute atomic E-state index is 13.4. The molecule has 0 atom stereocenters. The summed E-state index contributed by atoms with van der Waals surface area (Å²) < 4.78 is 24.6. The van der Waals surface area contributed by atoms with Crippen molar-refractivity contribution in [1.29, 1.82) is 0 Å². The van der Waals surface area contributed by atoms with E-state index in [0.29, 0.717) is 36.6 Å². The third-order valence-corrected chi connectivity index (χ3v) is 4.94. The van der Waals surface area contributed by atoms with Gasteiger partial charge in [0.2, 0.25) is 5.88 Å². The first-order valence-electron chi connectivity index (χ1n) is 10.4. The summed E-state index contributed by atoms with van der Waals surface area (Å²) in [5, 5.41) is 10.6. The van der Waals surface area contributed by atoms with E-state index in [2.05, 4.69) is 39.6 Å². The van der Waals surface area contributed by atoms with E-state index in [9.17, 15) is 4.39 Å². The molecule has 7 nitrogen and oxygen atoms in total. The molecule has 0 saturated heterocycles. The molecule has 0 unspecified atom stereocenters. The molecule has 0 saturated carbocycles. The predicted molar refractivity (Wildman–Crippen MR) is 118 cm³/mol. The number of halogens is 1. The number of nitrogens with zero attached hydrogens (tertiary/aromatic N) is 3.